The van der Waals surface area contributed by atoms with Gasteiger partial charge in [-0.3, -0.25) is 19.4 Å². The zero-order chi connectivity index (χ0) is 23.2. The molecule has 0 spiro atoms. The highest BCUT2D eigenvalue weighted by Gasteiger charge is 2.34. The predicted molar refractivity (Wildman–Crippen MR) is 127 cm³/mol. The van der Waals surface area contributed by atoms with E-state index in [1.807, 2.05) is 41.3 Å². The van der Waals surface area contributed by atoms with Crippen LogP contribution >= 0.6 is 0 Å². The van der Waals surface area contributed by atoms with Crippen LogP contribution in [0.5, 0.6) is 0 Å². The summed E-state index contributed by atoms with van der Waals surface area (Å²) in [4.78, 5) is 41.1. The Morgan fingerprint density at radius 2 is 1.52 bits per heavy atom. The summed E-state index contributed by atoms with van der Waals surface area (Å²) in [7, 11) is 0. The van der Waals surface area contributed by atoms with Crippen LogP contribution in [0.3, 0.4) is 0 Å². The van der Waals surface area contributed by atoms with Crippen LogP contribution in [-0.2, 0) is 14.4 Å². The van der Waals surface area contributed by atoms with E-state index in [1.54, 1.807) is 12.1 Å². The van der Waals surface area contributed by atoms with E-state index in [9.17, 15) is 14.4 Å². The lowest BCUT2D eigenvalue weighted by Gasteiger charge is -2.36. The Kier molecular flexibility index (Phi) is 6.87. The van der Waals surface area contributed by atoms with Crippen molar-refractivity contribution in [3.8, 4) is 0 Å². The summed E-state index contributed by atoms with van der Waals surface area (Å²) < 4.78 is 0. The van der Waals surface area contributed by atoms with Gasteiger partial charge < -0.3 is 20.9 Å². The van der Waals surface area contributed by atoms with E-state index >= 15 is 0 Å². The molecule has 3 N–H and O–H groups in total. The Bertz CT molecular complexity index is 1020. The number of piperazine rings is 1. The van der Waals surface area contributed by atoms with Gasteiger partial charge in [-0.1, -0.05) is 36.4 Å². The largest absolute Gasteiger partial charge is 0.368 e. The number of nitrogens with zero attached hydrogens (tertiary/aromatic N) is 4. The summed E-state index contributed by atoms with van der Waals surface area (Å²) in [5.41, 5.74) is 7.60. The quantitative estimate of drug-likeness (QED) is 0.656. The second-order valence-corrected chi connectivity index (χ2v) is 8.06. The lowest BCUT2D eigenvalue weighted by atomic mass is 10.1. The fourth-order valence-corrected chi connectivity index (χ4v) is 4.08. The van der Waals surface area contributed by atoms with Crippen LogP contribution < -0.4 is 21.0 Å². The van der Waals surface area contributed by atoms with Gasteiger partial charge in [-0.2, -0.15) is 5.10 Å². The van der Waals surface area contributed by atoms with Crippen molar-refractivity contribution in [1.29, 1.82) is 0 Å². The maximum Gasteiger partial charge on any atom is 0.267 e. The first-order valence-corrected chi connectivity index (χ1v) is 11.1. The van der Waals surface area contributed by atoms with Gasteiger partial charge in [-0.15, -0.1) is 0 Å². The monoisotopic (exact) mass is 448 g/mol. The Balaban J connectivity index is 1.25. The zero-order valence-electron chi connectivity index (χ0n) is 18.4. The highest BCUT2D eigenvalue weighted by molar-refractivity contribution is 6.40. The topological polar surface area (TPSA) is 111 Å². The molecule has 1 saturated heterocycles. The lowest BCUT2D eigenvalue weighted by Crippen LogP contribution is -2.49. The Morgan fingerprint density at radius 3 is 2.12 bits per heavy atom. The Labute approximate surface area is 192 Å². The molecule has 2 aliphatic heterocycles. The smallest absolute Gasteiger partial charge is 0.267 e. The second-order valence-electron chi connectivity index (χ2n) is 8.06. The fourth-order valence-electron chi connectivity index (χ4n) is 4.08. The molecule has 2 heterocycles. The molecule has 0 radical (unpaired) electrons. The SMILES string of the molecule is NC(=O)C1CC(C(=O)NCCC(=O)N2CCN(c3ccccc3)CC2)=NN1c1ccccc1. The molecule has 172 valence electrons. The summed E-state index contributed by atoms with van der Waals surface area (Å²) in [6.45, 7) is 3.08. The van der Waals surface area contributed by atoms with Crippen molar-refractivity contribution in [2.75, 3.05) is 42.6 Å². The van der Waals surface area contributed by atoms with E-state index in [0.717, 1.165) is 18.8 Å². The standard InChI is InChI=1S/C24H28N6O3/c25-23(32)21-17-20(27-30(21)19-9-5-2-6-10-19)24(33)26-12-11-22(31)29-15-13-28(14-16-29)18-7-3-1-4-8-18/h1-10,21H,11-17H2,(H2,25,32)(H,26,33). The molecule has 4 rings (SSSR count). The van der Waals surface area contributed by atoms with Crippen LogP contribution in [0.15, 0.2) is 65.8 Å². The van der Waals surface area contributed by atoms with Crippen LogP contribution in [0.1, 0.15) is 12.8 Å². The van der Waals surface area contributed by atoms with Gasteiger partial charge >= 0.3 is 0 Å². The maximum atomic E-state index is 12.6. The molecular formula is C24H28N6O3. The zero-order valence-corrected chi connectivity index (χ0v) is 18.4. The number of para-hydroxylation sites is 2. The third-order valence-electron chi connectivity index (χ3n) is 5.90. The molecule has 1 fully saturated rings. The number of carbonyl (C=O) groups excluding carboxylic acids is 3. The number of primary amides is 1. The number of rotatable bonds is 7. The van der Waals surface area contributed by atoms with Crippen molar-refractivity contribution in [1.82, 2.24) is 10.2 Å². The molecule has 9 nitrogen and oxygen atoms in total. The first kappa shape index (κ1) is 22.3. The van der Waals surface area contributed by atoms with Crippen molar-refractivity contribution >= 4 is 34.8 Å². The van der Waals surface area contributed by atoms with Gasteiger partial charge in [0, 0.05) is 51.3 Å². The van der Waals surface area contributed by atoms with E-state index in [1.165, 1.54) is 5.01 Å². The van der Waals surface area contributed by atoms with E-state index in [-0.39, 0.29) is 36.9 Å². The van der Waals surface area contributed by atoms with Crippen LogP contribution in [0.2, 0.25) is 0 Å². The van der Waals surface area contributed by atoms with Gasteiger partial charge in [0.15, 0.2) is 0 Å². The van der Waals surface area contributed by atoms with Gasteiger partial charge in [-0.25, -0.2) is 0 Å². The van der Waals surface area contributed by atoms with Gasteiger partial charge in [0.2, 0.25) is 11.8 Å². The molecule has 33 heavy (non-hydrogen) atoms. The Hall–Kier alpha value is -3.88. The highest BCUT2D eigenvalue weighted by Crippen LogP contribution is 2.24. The number of hydrogen-bond acceptors (Lipinski definition) is 6. The summed E-state index contributed by atoms with van der Waals surface area (Å²) in [6, 6.07) is 18.5. The number of hydrogen-bond donors (Lipinski definition) is 2. The van der Waals surface area contributed by atoms with Crippen LogP contribution in [0, 0.1) is 0 Å². The average Bonchev–Trinajstić information content (AvgIpc) is 3.31. The molecule has 2 aromatic carbocycles. The average molecular weight is 449 g/mol. The van der Waals surface area contributed by atoms with Crippen LogP contribution in [0.4, 0.5) is 11.4 Å². The molecule has 0 saturated carbocycles. The number of benzene rings is 2. The van der Waals surface area contributed by atoms with E-state index in [4.69, 9.17) is 5.73 Å². The summed E-state index contributed by atoms with van der Waals surface area (Å²) in [6.07, 6.45) is 0.345. The van der Waals surface area contributed by atoms with Gasteiger partial charge in [0.25, 0.3) is 5.91 Å². The predicted octanol–water partition coefficient (Wildman–Crippen LogP) is 0.962. The minimum atomic E-state index is -0.712. The minimum Gasteiger partial charge on any atom is -0.368 e. The molecule has 2 aromatic rings. The van der Waals surface area contributed by atoms with Crippen molar-refractivity contribution in [2.45, 2.75) is 18.9 Å². The number of nitrogens with two attached hydrogens (primary N) is 1. The van der Waals surface area contributed by atoms with Gasteiger partial charge in [0.1, 0.15) is 11.8 Å². The van der Waals surface area contributed by atoms with Gasteiger partial charge in [0.05, 0.1) is 5.69 Å². The normalized spacial score (nSPS) is 18.1. The van der Waals surface area contributed by atoms with Crippen molar-refractivity contribution in [3.63, 3.8) is 0 Å². The summed E-state index contributed by atoms with van der Waals surface area (Å²) in [5.74, 6) is -0.922. The lowest BCUT2D eigenvalue weighted by molar-refractivity contribution is -0.131. The molecule has 0 aliphatic carbocycles. The van der Waals surface area contributed by atoms with E-state index in [0.29, 0.717) is 18.8 Å². The molecule has 3 amide bonds. The van der Waals surface area contributed by atoms with Crippen LogP contribution in [-0.4, -0.2) is 67.1 Å². The first-order chi connectivity index (χ1) is 16.0. The number of amides is 3. The second kappa shape index (κ2) is 10.2. The number of nitrogens with one attached hydrogen (secondary N) is 1. The number of hydrazone groups is 1. The highest BCUT2D eigenvalue weighted by atomic mass is 16.2. The molecule has 9 heteroatoms. The fraction of sp³-hybridized carbons (Fsp3) is 0.333. The molecule has 2 aliphatic rings. The third kappa shape index (κ3) is 5.31. The minimum absolute atomic E-state index is 0.0114. The van der Waals surface area contributed by atoms with Crippen molar-refractivity contribution in [2.24, 2.45) is 10.8 Å². The number of anilines is 2. The summed E-state index contributed by atoms with van der Waals surface area (Å²) >= 11 is 0. The molecule has 1 unspecified atom stereocenters. The summed E-state index contributed by atoms with van der Waals surface area (Å²) in [5, 5.41) is 8.56. The Morgan fingerprint density at radius 1 is 0.909 bits per heavy atom. The van der Waals surface area contributed by atoms with E-state index in [2.05, 4.69) is 27.5 Å². The third-order valence-corrected chi connectivity index (χ3v) is 5.90. The maximum absolute atomic E-state index is 12.6. The van der Waals surface area contributed by atoms with Crippen molar-refractivity contribution in [3.05, 3.63) is 60.7 Å². The van der Waals surface area contributed by atoms with Crippen molar-refractivity contribution < 1.29 is 14.4 Å². The molecule has 0 aromatic heterocycles. The van der Waals surface area contributed by atoms with E-state index < -0.39 is 11.9 Å². The molecular weight excluding hydrogens is 420 g/mol. The van der Waals surface area contributed by atoms with Gasteiger partial charge in [-0.05, 0) is 24.3 Å². The number of carbonyl (C=O) groups is 3. The molecule has 1 atom stereocenters. The molecule has 0 bridgehead atoms. The van der Waals surface area contributed by atoms with Crippen LogP contribution in [0.25, 0.3) is 0 Å². The first-order valence-electron chi connectivity index (χ1n) is 11.1.